The zero-order valence-electron chi connectivity index (χ0n) is 8.87. The third kappa shape index (κ3) is 8.38. The smallest absolute Gasteiger partial charge is 0.321 e. The van der Waals surface area contributed by atoms with Crippen LogP contribution in [-0.2, 0) is 4.79 Å². The Morgan fingerprint density at radius 3 is 2.57 bits per heavy atom. The third-order valence-corrected chi connectivity index (χ3v) is 3.18. The summed E-state index contributed by atoms with van der Waals surface area (Å²) in [5.41, 5.74) is 5.36. The number of carboxylic acid groups (broad SMARTS) is 1. The quantitative estimate of drug-likeness (QED) is 0.583. The fourth-order valence-electron chi connectivity index (χ4n) is 1.09. The van der Waals surface area contributed by atoms with Crippen LogP contribution in [0.25, 0.3) is 0 Å². The minimum absolute atomic E-state index is 0.531. The summed E-state index contributed by atoms with van der Waals surface area (Å²) >= 11 is 1.64. The lowest BCUT2D eigenvalue weighted by Crippen LogP contribution is -2.32. The van der Waals surface area contributed by atoms with Gasteiger partial charge in [-0.25, -0.2) is 0 Å². The molecule has 0 heterocycles. The predicted molar refractivity (Wildman–Crippen MR) is 61.7 cm³/mol. The molecule has 0 spiro atoms. The number of aliphatic carboxylic acids is 1. The number of thioether (sulfide) groups is 1. The molecule has 0 saturated heterocycles. The van der Waals surface area contributed by atoms with Crippen LogP contribution < -0.4 is 5.73 Å². The summed E-state index contributed by atoms with van der Waals surface area (Å²) in [4.78, 5) is 10.4. The third-order valence-electron chi connectivity index (χ3n) is 2.01. The summed E-state index contributed by atoms with van der Waals surface area (Å²) in [6, 6.07) is -0.698. The van der Waals surface area contributed by atoms with Gasteiger partial charge in [-0.05, 0) is 12.2 Å². The maximum Gasteiger partial charge on any atom is 0.321 e. The average Bonchev–Trinajstić information content (AvgIpc) is 2.16. The number of rotatable bonds is 9. The van der Waals surface area contributed by atoms with E-state index in [1.807, 2.05) is 0 Å². The summed E-state index contributed by atoms with van der Waals surface area (Å²) in [7, 11) is 0. The molecule has 3 N–H and O–H groups in total. The molecule has 0 saturated carbocycles. The Hall–Kier alpha value is -0.220. The lowest BCUT2D eigenvalue weighted by atomic mass is 10.2. The first-order valence-corrected chi connectivity index (χ1v) is 6.40. The van der Waals surface area contributed by atoms with E-state index in [4.69, 9.17) is 10.8 Å². The summed E-state index contributed by atoms with van der Waals surface area (Å²) in [6.45, 7) is 2.20. The van der Waals surface area contributed by atoms with E-state index in [-0.39, 0.29) is 0 Å². The van der Waals surface area contributed by atoms with Crippen LogP contribution in [0.3, 0.4) is 0 Å². The lowest BCUT2D eigenvalue weighted by molar-refractivity contribution is -0.137. The number of nitrogens with two attached hydrogens (primary N) is 1. The molecule has 0 amide bonds. The van der Waals surface area contributed by atoms with E-state index in [0.717, 1.165) is 5.75 Å². The van der Waals surface area contributed by atoms with E-state index < -0.39 is 12.0 Å². The first-order valence-electron chi connectivity index (χ1n) is 5.24. The molecular weight excluding hydrogens is 198 g/mol. The van der Waals surface area contributed by atoms with E-state index in [9.17, 15) is 4.79 Å². The van der Waals surface area contributed by atoms with Gasteiger partial charge in [0.2, 0.25) is 0 Å². The van der Waals surface area contributed by atoms with Crippen molar-refractivity contribution in [1.82, 2.24) is 0 Å². The molecule has 0 aliphatic rings. The van der Waals surface area contributed by atoms with Crippen molar-refractivity contribution in [2.75, 3.05) is 11.5 Å². The maximum atomic E-state index is 10.4. The largest absolute Gasteiger partial charge is 0.480 e. The van der Waals surface area contributed by atoms with Crippen LogP contribution in [0.15, 0.2) is 0 Å². The molecule has 0 aromatic heterocycles. The topological polar surface area (TPSA) is 63.3 Å². The van der Waals surface area contributed by atoms with Crippen LogP contribution in [0.1, 0.15) is 39.0 Å². The van der Waals surface area contributed by atoms with Gasteiger partial charge in [0.25, 0.3) is 0 Å². The Labute approximate surface area is 90.4 Å². The van der Waals surface area contributed by atoms with Crippen molar-refractivity contribution in [2.45, 2.75) is 45.1 Å². The number of carbonyl (C=O) groups is 1. The first kappa shape index (κ1) is 13.8. The molecule has 0 aliphatic heterocycles. The normalized spacial score (nSPS) is 12.7. The van der Waals surface area contributed by atoms with Crippen molar-refractivity contribution in [2.24, 2.45) is 5.73 Å². The molecule has 0 unspecified atom stereocenters. The van der Waals surface area contributed by atoms with Crippen LogP contribution >= 0.6 is 11.8 Å². The van der Waals surface area contributed by atoms with Gasteiger partial charge in [0.05, 0.1) is 0 Å². The summed E-state index contributed by atoms with van der Waals surface area (Å²) in [6.07, 6.45) is 6.29. The van der Waals surface area contributed by atoms with E-state index in [2.05, 4.69) is 6.92 Å². The first-order chi connectivity index (χ1) is 6.68. The highest BCUT2D eigenvalue weighted by Gasteiger charge is 2.09. The minimum Gasteiger partial charge on any atom is -0.480 e. The zero-order valence-corrected chi connectivity index (χ0v) is 9.68. The highest BCUT2D eigenvalue weighted by atomic mass is 32.2. The van der Waals surface area contributed by atoms with Crippen molar-refractivity contribution in [3.8, 4) is 0 Å². The Morgan fingerprint density at radius 1 is 1.36 bits per heavy atom. The van der Waals surface area contributed by atoms with Crippen molar-refractivity contribution in [3.63, 3.8) is 0 Å². The standard InChI is InChI=1S/C10H21NO2S/c1-2-3-4-5-6-7-14-8-9(11)10(12)13/h9H,2-8,11H2,1H3,(H,12,13)/t9-/m1/s1. The highest BCUT2D eigenvalue weighted by Crippen LogP contribution is 2.09. The Kier molecular flexibility index (Phi) is 9.19. The van der Waals surface area contributed by atoms with Crippen molar-refractivity contribution >= 4 is 17.7 Å². The molecule has 14 heavy (non-hydrogen) atoms. The molecule has 1 atom stereocenters. The van der Waals surface area contributed by atoms with Crippen LogP contribution in [-0.4, -0.2) is 28.6 Å². The fourth-order valence-corrected chi connectivity index (χ4v) is 2.06. The SMILES string of the molecule is CCCCCCCSC[C@@H](N)C(=O)O. The number of carboxylic acids is 1. The molecular formula is C10H21NO2S. The van der Waals surface area contributed by atoms with Gasteiger partial charge in [-0.15, -0.1) is 0 Å². The molecule has 4 heteroatoms. The van der Waals surface area contributed by atoms with Gasteiger partial charge < -0.3 is 10.8 Å². The maximum absolute atomic E-state index is 10.4. The summed E-state index contributed by atoms with van der Waals surface area (Å²) in [5.74, 6) is 0.664. The Morgan fingerprint density at radius 2 is 2.00 bits per heavy atom. The van der Waals surface area contributed by atoms with Crippen LogP contribution in [0.5, 0.6) is 0 Å². The number of hydrogen-bond donors (Lipinski definition) is 2. The van der Waals surface area contributed by atoms with Crippen LogP contribution in [0.2, 0.25) is 0 Å². The van der Waals surface area contributed by atoms with Crippen LogP contribution in [0.4, 0.5) is 0 Å². The predicted octanol–water partition coefficient (Wildman–Crippen LogP) is 2.10. The zero-order chi connectivity index (χ0) is 10.8. The van der Waals surface area contributed by atoms with E-state index in [1.54, 1.807) is 11.8 Å². The molecule has 0 aromatic rings. The molecule has 0 radical (unpaired) electrons. The minimum atomic E-state index is -0.900. The van der Waals surface area contributed by atoms with Gasteiger partial charge in [-0.1, -0.05) is 32.6 Å². The van der Waals surface area contributed by atoms with E-state index >= 15 is 0 Å². The van der Waals surface area contributed by atoms with Crippen molar-refractivity contribution < 1.29 is 9.90 Å². The summed E-state index contributed by atoms with van der Waals surface area (Å²) in [5, 5.41) is 8.52. The monoisotopic (exact) mass is 219 g/mol. The molecule has 0 aliphatic carbocycles. The molecule has 3 nitrogen and oxygen atoms in total. The van der Waals surface area contributed by atoms with Gasteiger partial charge >= 0.3 is 5.97 Å². The van der Waals surface area contributed by atoms with Gasteiger partial charge in [-0.2, -0.15) is 11.8 Å². The second-order valence-electron chi connectivity index (χ2n) is 3.43. The molecule has 0 rings (SSSR count). The van der Waals surface area contributed by atoms with Crippen molar-refractivity contribution in [1.29, 1.82) is 0 Å². The summed E-state index contributed by atoms with van der Waals surface area (Å²) < 4.78 is 0. The van der Waals surface area contributed by atoms with Gasteiger partial charge in [-0.3, -0.25) is 4.79 Å². The molecule has 0 bridgehead atoms. The number of hydrogen-bond acceptors (Lipinski definition) is 3. The van der Waals surface area contributed by atoms with E-state index in [0.29, 0.717) is 5.75 Å². The van der Waals surface area contributed by atoms with Crippen molar-refractivity contribution in [3.05, 3.63) is 0 Å². The lowest BCUT2D eigenvalue weighted by Gasteiger charge is -2.05. The van der Waals surface area contributed by atoms with Gasteiger partial charge in [0.15, 0.2) is 0 Å². The second kappa shape index (κ2) is 9.34. The van der Waals surface area contributed by atoms with Gasteiger partial charge in [0, 0.05) is 5.75 Å². The molecule has 0 aromatic carbocycles. The molecule has 84 valence electrons. The highest BCUT2D eigenvalue weighted by molar-refractivity contribution is 7.99. The van der Waals surface area contributed by atoms with Crippen LogP contribution in [0, 0.1) is 0 Å². The Balaban J connectivity index is 3.09. The molecule has 0 fully saturated rings. The van der Waals surface area contributed by atoms with Gasteiger partial charge in [0.1, 0.15) is 6.04 Å². The second-order valence-corrected chi connectivity index (χ2v) is 4.58. The van der Waals surface area contributed by atoms with E-state index in [1.165, 1.54) is 32.1 Å². The fraction of sp³-hybridized carbons (Fsp3) is 0.900. The number of unbranched alkanes of at least 4 members (excludes halogenated alkanes) is 4. The Bertz CT molecular complexity index is 153. The average molecular weight is 219 g/mol.